The average molecular weight is 203 g/mol. The van der Waals surface area contributed by atoms with Crippen LogP contribution in [0.4, 0.5) is 0 Å². The molecule has 0 aliphatic carbocycles. The largest absolute Gasteiger partial charge is 0.343 e. The molecular weight excluding hydrogens is 190 g/mol. The average Bonchev–Trinajstić information content (AvgIpc) is 2.27. The van der Waals surface area contributed by atoms with Crippen LogP contribution in [0.15, 0.2) is 24.4 Å². The highest BCUT2D eigenvalue weighted by Gasteiger charge is 2.22. The number of carbonyl (C=O) groups is 1. The monoisotopic (exact) mass is 203 g/mol. The molecule has 0 atom stereocenters. The van der Waals surface area contributed by atoms with Gasteiger partial charge in [-0.2, -0.15) is 5.26 Å². The Balaban J connectivity index is 2.68. The van der Waals surface area contributed by atoms with E-state index in [0.29, 0.717) is 6.54 Å². The molecule has 0 unspecified atom stereocenters. The Kier molecular flexibility index (Phi) is 3.40. The molecular formula is C11H13N3O. The van der Waals surface area contributed by atoms with Gasteiger partial charge in [-0.05, 0) is 12.1 Å². The molecule has 78 valence electrons. The van der Waals surface area contributed by atoms with Gasteiger partial charge in [-0.25, -0.2) is 0 Å². The molecule has 0 aliphatic rings. The van der Waals surface area contributed by atoms with Gasteiger partial charge in [-0.15, -0.1) is 0 Å². The van der Waals surface area contributed by atoms with Crippen LogP contribution >= 0.6 is 0 Å². The van der Waals surface area contributed by atoms with Crippen molar-refractivity contribution >= 4 is 5.91 Å². The highest BCUT2D eigenvalue weighted by atomic mass is 16.1. The second-order valence-electron chi connectivity index (χ2n) is 3.89. The normalized spacial score (nSPS) is 10.5. The van der Waals surface area contributed by atoms with E-state index < -0.39 is 5.91 Å². The van der Waals surface area contributed by atoms with Crippen LogP contribution in [0, 0.1) is 11.3 Å². The fourth-order valence-electron chi connectivity index (χ4n) is 1.19. The van der Waals surface area contributed by atoms with Crippen LogP contribution in [0.3, 0.4) is 0 Å². The van der Waals surface area contributed by atoms with Gasteiger partial charge in [-0.3, -0.25) is 9.78 Å². The van der Waals surface area contributed by atoms with Gasteiger partial charge in [0.25, 0.3) is 0 Å². The summed E-state index contributed by atoms with van der Waals surface area (Å²) in [7, 11) is 0. The maximum atomic E-state index is 10.8. The minimum Gasteiger partial charge on any atom is -0.343 e. The van der Waals surface area contributed by atoms with Gasteiger partial charge < -0.3 is 5.32 Å². The van der Waals surface area contributed by atoms with Gasteiger partial charge >= 0.3 is 5.91 Å². The lowest BCUT2D eigenvalue weighted by Crippen LogP contribution is -2.36. The van der Waals surface area contributed by atoms with Crippen molar-refractivity contribution in [2.75, 3.05) is 6.54 Å². The van der Waals surface area contributed by atoms with Crippen LogP contribution in [0.25, 0.3) is 0 Å². The summed E-state index contributed by atoms with van der Waals surface area (Å²) < 4.78 is 0. The van der Waals surface area contributed by atoms with Crippen LogP contribution < -0.4 is 5.32 Å². The van der Waals surface area contributed by atoms with Gasteiger partial charge in [0.05, 0.1) is 0 Å². The third-order valence-corrected chi connectivity index (χ3v) is 2.15. The van der Waals surface area contributed by atoms with Crippen molar-refractivity contribution in [1.82, 2.24) is 10.3 Å². The molecule has 0 aliphatic heterocycles. The fraction of sp³-hybridized carbons (Fsp3) is 0.364. The van der Waals surface area contributed by atoms with E-state index in [1.807, 2.05) is 32.0 Å². The third-order valence-electron chi connectivity index (χ3n) is 2.15. The molecule has 1 amide bonds. The zero-order chi connectivity index (χ0) is 11.3. The molecule has 0 fully saturated rings. The smallest absolute Gasteiger partial charge is 0.322 e. The first kappa shape index (κ1) is 11.2. The number of hydrogen-bond donors (Lipinski definition) is 1. The molecule has 1 aromatic heterocycles. The van der Waals surface area contributed by atoms with Gasteiger partial charge in [0.2, 0.25) is 0 Å². The van der Waals surface area contributed by atoms with Crippen molar-refractivity contribution in [2.45, 2.75) is 19.3 Å². The van der Waals surface area contributed by atoms with E-state index in [2.05, 4.69) is 10.3 Å². The van der Waals surface area contributed by atoms with Crippen molar-refractivity contribution in [3.05, 3.63) is 30.1 Å². The van der Waals surface area contributed by atoms with Gasteiger partial charge in [0.15, 0.2) is 6.07 Å². The van der Waals surface area contributed by atoms with Crippen molar-refractivity contribution in [1.29, 1.82) is 5.26 Å². The molecule has 0 saturated carbocycles. The second-order valence-corrected chi connectivity index (χ2v) is 3.89. The molecule has 1 N–H and O–H groups in total. The molecule has 1 rings (SSSR count). The summed E-state index contributed by atoms with van der Waals surface area (Å²) in [5.74, 6) is -0.612. The van der Waals surface area contributed by atoms with Crippen LogP contribution in [-0.4, -0.2) is 17.4 Å². The molecule has 1 aromatic rings. The summed E-state index contributed by atoms with van der Waals surface area (Å²) in [5, 5.41) is 10.9. The van der Waals surface area contributed by atoms with Crippen molar-refractivity contribution in [2.24, 2.45) is 0 Å². The summed E-state index contributed by atoms with van der Waals surface area (Å²) in [6.45, 7) is 4.33. The molecule has 4 nitrogen and oxygen atoms in total. The standard InChI is InChI=1S/C11H13N3O/c1-11(2,8-14-10(15)7-12)9-5-3-4-6-13-9/h3-6H,8H2,1-2H3,(H,14,15). The van der Waals surface area contributed by atoms with E-state index in [-0.39, 0.29) is 5.41 Å². The molecule has 0 bridgehead atoms. The van der Waals surface area contributed by atoms with Crippen LogP contribution in [0.2, 0.25) is 0 Å². The number of pyridine rings is 1. The van der Waals surface area contributed by atoms with Crippen LogP contribution in [0.5, 0.6) is 0 Å². The Morgan fingerprint density at radius 1 is 1.60 bits per heavy atom. The lowest BCUT2D eigenvalue weighted by Gasteiger charge is -2.23. The number of nitriles is 1. The first-order valence-electron chi connectivity index (χ1n) is 4.66. The Labute approximate surface area is 88.9 Å². The van der Waals surface area contributed by atoms with E-state index >= 15 is 0 Å². The maximum absolute atomic E-state index is 10.8. The van der Waals surface area contributed by atoms with E-state index in [9.17, 15) is 4.79 Å². The highest BCUT2D eigenvalue weighted by Crippen LogP contribution is 2.19. The first-order chi connectivity index (χ1) is 7.06. The summed E-state index contributed by atoms with van der Waals surface area (Å²) >= 11 is 0. The summed E-state index contributed by atoms with van der Waals surface area (Å²) in [4.78, 5) is 15.0. The van der Waals surface area contributed by atoms with Crippen LogP contribution in [0.1, 0.15) is 19.5 Å². The third kappa shape index (κ3) is 3.06. The van der Waals surface area contributed by atoms with E-state index in [1.54, 1.807) is 6.20 Å². The number of aromatic nitrogens is 1. The van der Waals surface area contributed by atoms with E-state index in [4.69, 9.17) is 5.26 Å². The highest BCUT2D eigenvalue weighted by molar-refractivity contribution is 5.91. The number of hydrogen-bond acceptors (Lipinski definition) is 3. The minimum absolute atomic E-state index is 0.270. The Bertz CT molecular complexity index is 379. The fourth-order valence-corrected chi connectivity index (χ4v) is 1.19. The first-order valence-corrected chi connectivity index (χ1v) is 4.66. The molecule has 1 heterocycles. The van der Waals surface area contributed by atoms with Crippen LogP contribution in [-0.2, 0) is 10.2 Å². The van der Waals surface area contributed by atoms with E-state index in [0.717, 1.165) is 5.69 Å². The minimum atomic E-state index is -0.612. The molecule has 0 radical (unpaired) electrons. The zero-order valence-corrected chi connectivity index (χ0v) is 8.82. The summed E-state index contributed by atoms with van der Waals surface area (Å²) in [5.41, 5.74) is 0.622. The Hall–Kier alpha value is -1.89. The Morgan fingerprint density at radius 2 is 2.33 bits per heavy atom. The van der Waals surface area contributed by atoms with E-state index in [1.165, 1.54) is 6.07 Å². The Morgan fingerprint density at radius 3 is 2.87 bits per heavy atom. The zero-order valence-electron chi connectivity index (χ0n) is 8.82. The van der Waals surface area contributed by atoms with Crippen molar-refractivity contribution in [3.63, 3.8) is 0 Å². The van der Waals surface area contributed by atoms with Gasteiger partial charge in [-0.1, -0.05) is 19.9 Å². The van der Waals surface area contributed by atoms with Gasteiger partial charge in [0, 0.05) is 23.9 Å². The number of amides is 1. The maximum Gasteiger partial charge on any atom is 0.322 e. The lowest BCUT2D eigenvalue weighted by atomic mass is 9.89. The molecule has 4 heteroatoms. The molecule has 15 heavy (non-hydrogen) atoms. The topological polar surface area (TPSA) is 65.8 Å². The quantitative estimate of drug-likeness (QED) is 0.745. The number of rotatable bonds is 3. The number of nitrogens with zero attached hydrogens (tertiary/aromatic N) is 2. The lowest BCUT2D eigenvalue weighted by molar-refractivity contribution is -0.116. The van der Waals surface area contributed by atoms with Crippen molar-refractivity contribution < 1.29 is 4.79 Å². The molecule has 0 saturated heterocycles. The molecule has 0 aromatic carbocycles. The predicted molar refractivity (Wildman–Crippen MR) is 55.9 cm³/mol. The predicted octanol–water partition coefficient (Wildman–Crippen LogP) is 0.999. The summed E-state index contributed by atoms with van der Waals surface area (Å²) in [6.07, 6.45) is 1.71. The second kappa shape index (κ2) is 4.56. The van der Waals surface area contributed by atoms with Crippen molar-refractivity contribution in [3.8, 4) is 6.07 Å². The van der Waals surface area contributed by atoms with Gasteiger partial charge in [0.1, 0.15) is 0 Å². The number of carbonyl (C=O) groups excluding carboxylic acids is 1. The molecule has 0 spiro atoms. The summed E-state index contributed by atoms with van der Waals surface area (Å²) in [6, 6.07) is 7.16. The SMILES string of the molecule is CC(C)(CNC(=O)C#N)c1ccccn1. The number of nitrogens with one attached hydrogen (secondary N) is 1.